The number of hydrogen-bond acceptors (Lipinski definition) is 0. The van der Waals surface area contributed by atoms with Crippen LogP contribution in [0.15, 0.2) is 35.5 Å². The molecule has 0 atom stereocenters. The molecular formula is C11H16. The van der Waals surface area contributed by atoms with Crippen molar-refractivity contribution in [3.05, 3.63) is 35.5 Å². The lowest BCUT2D eigenvalue weighted by molar-refractivity contribution is 0.988. The largest absolute Gasteiger partial charge is 0.0884 e. The highest BCUT2D eigenvalue weighted by molar-refractivity contribution is 5.26. The summed E-state index contributed by atoms with van der Waals surface area (Å²) in [6.07, 6.45) is 12.6. The summed E-state index contributed by atoms with van der Waals surface area (Å²) in [4.78, 5) is 0. The van der Waals surface area contributed by atoms with Gasteiger partial charge < -0.3 is 0 Å². The summed E-state index contributed by atoms with van der Waals surface area (Å²) in [6, 6.07) is 0. The molecule has 1 rings (SSSR count). The van der Waals surface area contributed by atoms with Crippen molar-refractivity contribution >= 4 is 0 Å². The lowest BCUT2D eigenvalue weighted by atomic mass is 10.0. The van der Waals surface area contributed by atoms with Crippen molar-refractivity contribution in [1.29, 1.82) is 0 Å². The van der Waals surface area contributed by atoms with E-state index in [4.69, 9.17) is 0 Å². The van der Waals surface area contributed by atoms with E-state index in [1.54, 1.807) is 0 Å². The maximum absolute atomic E-state index is 2.34. The molecule has 0 N–H and O–H groups in total. The molecule has 0 radical (unpaired) electrons. The Morgan fingerprint density at radius 1 is 1.55 bits per heavy atom. The monoisotopic (exact) mass is 148 g/mol. The third-order valence-electron chi connectivity index (χ3n) is 2.05. The fourth-order valence-corrected chi connectivity index (χ4v) is 1.22. The lowest BCUT2D eigenvalue weighted by Crippen LogP contribution is -1.85. The highest BCUT2D eigenvalue weighted by Crippen LogP contribution is 2.16. The van der Waals surface area contributed by atoms with E-state index in [0.29, 0.717) is 0 Å². The molecular weight excluding hydrogens is 132 g/mol. The van der Waals surface area contributed by atoms with Crippen LogP contribution in [0, 0.1) is 0 Å². The number of rotatable bonds is 2. The highest BCUT2D eigenvalue weighted by Gasteiger charge is 1.96. The fraction of sp³-hybridized carbons (Fsp3) is 0.455. The minimum atomic E-state index is 1.13. The van der Waals surface area contributed by atoms with Crippen LogP contribution in [-0.4, -0.2) is 0 Å². The summed E-state index contributed by atoms with van der Waals surface area (Å²) in [6.45, 7) is 4.28. The Balaban J connectivity index is 2.49. The molecule has 0 heteroatoms. The predicted octanol–water partition coefficient (Wildman–Crippen LogP) is 3.62. The van der Waals surface area contributed by atoms with Crippen LogP contribution in [-0.2, 0) is 0 Å². The Morgan fingerprint density at radius 3 is 2.91 bits per heavy atom. The molecule has 0 heterocycles. The molecule has 60 valence electrons. The molecule has 0 aromatic carbocycles. The van der Waals surface area contributed by atoms with Gasteiger partial charge in [-0.3, -0.25) is 0 Å². The Bertz CT molecular complexity index is 204. The molecule has 0 spiro atoms. The molecule has 0 amide bonds. The molecule has 0 nitrogen and oxygen atoms in total. The summed E-state index contributed by atoms with van der Waals surface area (Å²) in [5.41, 5.74) is 2.94. The lowest BCUT2D eigenvalue weighted by Gasteiger charge is -2.06. The average molecular weight is 148 g/mol. The van der Waals surface area contributed by atoms with Gasteiger partial charge in [-0.05, 0) is 38.7 Å². The number of hydrogen-bond donors (Lipinski definition) is 0. The zero-order valence-corrected chi connectivity index (χ0v) is 7.43. The van der Waals surface area contributed by atoms with E-state index in [2.05, 4.69) is 38.2 Å². The summed E-state index contributed by atoms with van der Waals surface area (Å²) < 4.78 is 0. The summed E-state index contributed by atoms with van der Waals surface area (Å²) in [5.74, 6) is 0. The standard InChI is InChI=1S/C11H16/c1-3-10(2)9-11-7-5-4-6-8-11/h3,5,7-8H,4,6,9H2,1-2H3/b10-3-. The van der Waals surface area contributed by atoms with E-state index >= 15 is 0 Å². The van der Waals surface area contributed by atoms with Gasteiger partial charge in [-0.1, -0.05) is 29.9 Å². The summed E-state index contributed by atoms with van der Waals surface area (Å²) in [7, 11) is 0. The zero-order chi connectivity index (χ0) is 8.10. The van der Waals surface area contributed by atoms with Crippen molar-refractivity contribution < 1.29 is 0 Å². The maximum Gasteiger partial charge on any atom is -0.00733 e. The SMILES string of the molecule is C/C=C(/C)CC1=CCCC=C1. The molecule has 0 saturated carbocycles. The normalized spacial score (nSPS) is 18.4. The average Bonchev–Trinajstić information content (AvgIpc) is 2.06. The van der Waals surface area contributed by atoms with Crippen molar-refractivity contribution in [2.24, 2.45) is 0 Å². The van der Waals surface area contributed by atoms with Crippen molar-refractivity contribution in [3.8, 4) is 0 Å². The minimum Gasteiger partial charge on any atom is -0.0884 e. The first kappa shape index (κ1) is 8.32. The van der Waals surface area contributed by atoms with Gasteiger partial charge in [0.2, 0.25) is 0 Å². The van der Waals surface area contributed by atoms with Gasteiger partial charge in [0, 0.05) is 0 Å². The Morgan fingerprint density at radius 2 is 2.36 bits per heavy atom. The van der Waals surface area contributed by atoms with Crippen LogP contribution in [0.3, 0.4) is 0 Å². The van der Waals surface area contributed by atoms with E-state index in [1.807, 2.05) is 0 Å². The van der Waals surface area contributed by atoms with Crippen LogP contribution in [0.4, 0.5) is 0 Å². The predicted molar refractivity (Wildman–Crippen MR) is 50.5 cm³/mol. The van der Waals surface area contributed by atoms with Gasteiger partial charge in [0.1, 0.15) is 0 Å². The molecule has 1 aliphatic rings. The quantitative estimate of drug-likeness (QED) is 0.525. The van der Waals surface area contributed by atoms with Crippen LogP contribution < -0.4 is 0 Å². The fourth-order valence-electron chi connectivity index (χ4n) is 1.22. The molecule has 0 aromatic heterocycles. The minimum absolute atomic E-state index is 1.13. The smallest absolute Gasteiger partial charge is 0.00733 e. The van der Waals surface area contributed by atoms with Crippen molar-refractivity contribution in [2.45, 2.75) is 33.1 Å². The maximum atomic E-state index is 2.34. The van der Waals surface area contributed by atoms with Crippen LogP contribution in [0.5, 0.6) is 0 Å². The van der Waals surface area contributed by atoms with Gasteiger partial charge in [0.15, 0.2) is 0 Å². The van der Waals surface area contributed by atoms with E-state index < -0.39 is 0 Å². The second-order valence-electron chi connectivity index (χ2n) is 3.07. The van der Waals surface area contributed by atoms with Crippen LogP contribution in [0.25, 0.3) is 0 Å². The molecule has 11 heavy (non-hydrogen) atoms. The molecule has 0 aliphatic heterocycles. The van der Waals surface area contributed by atoms with Crippen LogP contribution >= 0.6 is 0 Å². The molecule has 0 unspecified atom stereocenters. The van der Waals surface area contributed by atoms with Gasteiger partial charge in [0.05, 0.1) is 0 Å². The first-order valence-corrected chi connectivity index (χ1v) is 4.30. The third-order valence-corrected chi connectivity index (χ3v) is 2.05. The molecule has 0 saturated heterocycles. The van der Waals surface area contributed by atoms with Gasteiger partial charge in [0.25, 0.3) is 0 Å². The van der Waals surface area contributed by atoms with E-state index in [9.17, 15) is 0 Å². The zero-order valence-electron chi connectivity index (χ0n) is 7.43. The third kappa shape index (κ3) is 2.75. The van der Waals surface area contributed by atoms with Gasteiger partial charge in [-0.25, -0.2) is 0 Å². The Kier molecular flexibility index (Phi) is 3.15. The van der Waals surface area contributed by atoms with E-state index in [-0.39, 0.29) is 0 Å². The Hall–Kier alpha value is -0.780. The second-order valence-corrected chi connectivity index (χ2v) is 3.07. The van der Waals surface area contributed by atoms with Crippen LogP contribution in [0.2, 0.25) is 0 Å². The topological polar surface area (TPSA) is 0 Å². The second kappa shape index (κ2) is 4.17. The van der Waals surface area contributed by atoms with Crippen molar-refractivity contribution in [2.75, 3.05) is 0 Å². The Labute approximate surface area is 69.3 Å². The van der Waals surface area contributed by atoms with Gasteiger partial charge >= 0.3 is 0 Å². The van der Waals surface area contributed by atoms with Crippen molar-refractivity contribution in [1.82, 2.24) is 0 Å². The van der Waals surface area contributed by atoms with E-state index in [0.717, 1.165) is 6.42 Å². The first-order chi connectivity index (χ1) is 5.33. The first-order valence-electron chi connectivity index (χ1n) is 4.30. The molecule has 0 fully saturated rings. The van der Waals surface area contributed by atoms with E-state index in [1.165, 1.54) is 24.0 Å². The molecule has 0 aromatic rings. The molecule has 0 bridgehead atoms. The summed E-state index contributed by atoms with van der Waals surface area (Å²) >= 11 is 0. The van der Waals surface area contributed by atoms with Crippen LogP contribution in [0.1, 0.15) is 33.1 Å². The van der Waals surface area contributed by atoms with Gasteiger partial charge in [-0.15, -0.1) is 0 Å². The van der Waals surface area contributed by atoms with Crippen molar-refractivity contribution in [3.63, 3.8) is 0 Å². The highest BCUT2D eigenvalue weighted by atomic mass is 14.0. The van der Waals surface area contributed by atoms with Gasteiger partial charge in [-0.2, -0.15) is 0 Å². The number of allylic oxidation sites excluding steroid dienone is 6. The molecule has 1 aliphatic carbocycles. The summed E-state index contributed by atoms with van der Waals surface area (Å²) in [5, 5.41) is 0.